The predicted octanol–water partition coefficient (Wildman–Crippen LogP) is 4.12. The Bertz CT molecular complexity index is 916. The molecule has 0 radical (unpaired) electrons. The van der Waals surface area contributed by atoms with Gasteiger partial charge in [0.15, 0.2) is 0 Å². The average molecular weight is 465 g/mol. The summed E-state index contributed by atoms with van der Waals surface area (Å²) in [7, 11) is -4.51. The largest absolute Gasteiger partial charge is 0.417 e. The quantitative estimate of drug-likeness (QED) is 0.699. The number of hydrogen-bond donors (Lipinski definition) is 1. The molecule has 0 aliphatic rings. The second-order valence-corrected chi connectivity index (χ2v) is 8.30. The van der Waals surface area contributed by atoms with Crippen LogP contribution in [-0.4, -0.2) is 31.7 Å². The number of amides is 1. The molecule has 2 rings (SSSR count). The molecule has 0 saturated heterocycles. The highest BCUT2D eigenvalue weighted by Crippen LogP contribution is 2.35. The van der Waals surface area contributed by atoms with E-state index in [2.05, 4.69) is 21.2 Å². The zero-order valence-electron chi connectivity index (χ0n) is 14.1. The van der Waals surface area contributed by atoms with Gasteiger partial charge >= 0.3 is 6.18 Å². The van der Waals surface area contributed by atoms with Gasteiger partial charge in [0.25, 0.3) is 0 Å². The fourth-order valence-corrected chi connectivity index (χ4v) is 4.21. The minimum absolute atomic E-state index is 0.164. The Morgan fingerprint density at radius 3 is 2.26 bits per heavy atom. The standard InChI is InChI=1S/C17H16BrF3N2O3S/c1-2-23(11-16(24)22-13-9-7-12(18)8-10-13)27(25,26)15-6-4-3-5-14(15)17(19,20)21/h3-10H,2,11H2,1H3,(H,22,24). The highest BCUT2D eigenvalue weighted by atomic mass is 79.9. The summed E-state index contributed by atoms with van der Waals surface area (Å²) in [5.74, 6) is -0.660. The monoisotopic (exact) mass is 464 g/mol. The number of nitrogens with zero attached hydrogens (tertiary/aromatic N) is 1. The van der Waals surface area contributed by atoms with Gasteiger partial charge in [-0.25, -0.2) is 8.42 Å². The van der Waals surface area contributed by atoms with Gasteiger partial charge in [0.1, 0.15) is 0 Å². The lowest BCUT2D eigenvalue weighted by molar-refractivity contribution is -0.139. The van der Waals surface area contributed by atoms with E-state index in [4.69, 9.17) is 0 Å². The maximum Gasteiger partial charge on any atom is 0.417 e. The van der Waals surface area contributed by atoms with Crippen molar-refractivity contribution in [2.45, 2.75) is 18.0 Å². The lowest BCUT2D eigenvalue weighted by Gasteiger charge is -2.22. The number of alkyl halides is 3. The molecule has 5 nitrogen and oxygen atoms in total. The van der Waals surface area contributed by atoms with E-state index in [0.717, 1.165) is 16.6 Å². The summed E-state index contributed by atoms with van der Waals surface area (Å²) in [6, 6.07) is 10.5. The number of likely N-dealkylation sites (N-methyl/N-ethyl adjacent to an activating group) is 1. The van der Waals surface area contributed by atoms with Crippen molar-refractivity contribution in [3.63, 3.8) is 0 Å². The first-order valence-corrected chi connectivity index (χ1v) is 10.0. The molecule has 0 aromatic heterocycles. The summed E-state index contributed by atoms with van der Waals surface area (Å²) >= 11 is 3.25. The van der Waals surface area contributed by atoms with E-state index in [-0.39, 0.29) is 6.54 Å². The third-order valence-electron chi connectivity index (χ3n) is 3.61. The van der Waals surface area contributed by atoms with Gasteiger partial charge in [-0.15, -0.1) is 0 Å². The summed E-state index contributed by atoms with van der Waals surface area (Å²) in [6.45, 7) is 0.671. The molecule has 1 amide bonds. The molecule has 0 unspecified atom stereocenters. The lowest BCUT2D eigenvalue weighted by atomic mass is 10.2. The molecule has 10 heteroatoms. The Kier molecular flexibility index (Phi) is 6.66. The maximum absolute atomic E-state index is 13.2. The van der Waals surface area contributed by atoms with E-state index in [0.29, 0.717) is 16.1 Å². The summed E-state index contributed by atoms with van der Waals surface area (Å²) in [5, 5.41) is 2.51. The van der Waals surface area contributed by atoms with E-state index in [1.165, 1.54) is 13.0 Å². The van der Waals surface area contributed by atoms with Crippen LogP contribution in [0.1, 0.15) is 12.5 Å². The highest BCUT2D eigenvalue weighted by Gasteiger charge is 2.38. The van der Waals surface area contributed by atoms with Gasteiger partial charge in [-0.3, -0.25) is 4.79 Å². The van der Waals surface area contributed by atoms with E-state index in [9.17, 15) is 26.4 Å². The van der Waals surface area contributed by atoms with E-state index < -0.39 is 39.1 Å². The molecule has 2 aromatic rings. The smallest absolute Gasteiger partial charge is 0.325 e. The van der Waals surface area contributed by atoms with Gasteiger partial charge < -0.3 is 5.32 Å². The van der Waals surface area contributed by atoms with Gasteiger partial charge in [-0.2, -0.15) is 17.5 Å². The molecule has 1 N–H and O–H groups in total. The number of hydrogen-bond acceptors (Lipinski definition) is 3. The molecule has 0 saturated carbocycles. The fraction of sp³-hybridized carbons (Fsp3) is 0.235. The van der Waals surface area contributed by atoms with Gasteiger partial charge in [0, 0.05) is 16.7 Å². The number of carbonyl (C=O) groups excluding carboxylic acids is 1. The molecule has 27 heavy (non-hydrogen) atoms. The minimum atomic E-state index is -4.83. The molecule has 0 heterocycles. The third-order valence-corrected chi connectivity index (χ3v) is 6.12. The number of rotatable bonds is 6. The molecule has 146 valence electrons. The molecule has 0 aliphatic heterocycles. The molecule has 0 bridgehead atoms. The Morgan fingerprint density at radius 1 is 1.11 bits per heavy atom. The fourth-order valence-electron chi connectivity index (χ4n) is 2.33. The molecule has 0 atom stereocenters. The van der Waals surface area contributed by atoms with Gasteiger partial charge in [0.2, 0.25) is 15.9 Å². The zero-order valence-corrected chi connectivity index (χ0v) is 16.5. The molecule has 0 spiro atoms. The van der Waals surface area contributed by atoms with Crippen molar-refractivity contribution in [2.24, 2.45) is 0 Å². The molecule has 0 fully saturated rings. The number of halogens is 4. The number of anilines is 1. The van der Waals surface area contributed by atoms with Gasteiger partial charge in [-0.1, -0.05) is 35.0 Å². The number of sulfonamides is 1. The van der Waals surface area contributed by atoms with Crippen LogP contribution >= 0.6 is 15.9 Å². The second kappa shape index (κ2) is 8.41. The maximum atomic E-state index is 13.2. The van der Waals surface area contributed by atoms with Crippen molar-refractivity contribution >= 4 is 37.5 Å². The Morgan fingerprint density at radius 2 is 1.70 bits per heavy atom. The zero-order chi connectivity index (χ0) is 20.2. The van der Waals surface area contributed by atoms with Crippen LogP contribution in [0, 0.1) is 0 Å². The summed E-state index contributed by atoms with van der Waals surface area (Å²) in [6.07, 6.45) is -4.83. The summed E-state index contributed by atoms with van der Waals surface area (Å²) in [4.78, 5) is 11.3. The number of carbonyl (C=O) groups is 1. The summed E-state index contributed by atoms with van der Waals surface area (Å²) in [5.41, 5.74) is -0.830. The molecular weight excluding hydrogens is 449 g/mol. The van der Waals surface area contributed by atoms with Crippen molar-refractivity contribution in [1.29, 1.82) is 0 Å². The Balaban J connectivity index is 2.26. The lowest BCUT2D eigenvalue weighted by Crippen LogP contribution is -2.38. The van der Waals surface area contributed by atoms with Gasteiger partial charge in [-0.05, 0) is 36.4 Å². The van der Waals surface area contributed by atoms with Crippen LogP contribution in [0.15, 0.2) is 57.9 Å². The van der Waals surface area contributed by atoms with Crippen LogP contribution in [0.3, 0.4) is 0 Å². The van der Waals surface area contributed by atoms with E-state index >= 15 is 0 Å². The first-order valence-electron chi connectivity index (χ1n) is 7.77. The molecule has 0 aliphatic carbocycles. The van der Waals surface area contributed by atoms with Crippen LogP contribution in [0.5, 0.6) is 0 Å². The predicted molar refractivity (Wildman–Crippen MR) is 98.6 cm³/mol. The molecular formula is C17H16BrF3N2O3S. The van der Waals surface area contributed by atoms with Crippen LogP contribution in [0.2, 0.25) is 0 Å². The van der Waals surface area contributed by atoms with Crippen LogP contribution in [-0.2, 0) is 21.0 Å². The normalized spacial score (nSPS) is 12.2. The van der Waals surface area contributed by atoms with Crippen LogP contribution in [0.4, 0.5) is 18.9 Å². The van der Waals surface area contributed by atoms with Crippen molar-refractivity contribution in [3.05, 3.63) is 58.6 Å². The Labute approximate surface area is 163 Å². The van der Waals surface area contributed by atoms with Crippen LogP contribution in [0.25, 0.3) is 0 Å². The average Bonchev–Trinajstić information content (AvgIpc) is 2.60. The van der Waals surface area contributed by atoms with Crippen molar-refractivity contribution < 1.29 is 26.4 Å². The topological polar surface area (TPSA) is 66.5 Å². The van der Waals surface area contributed by atoms with Crippen molar-refractivity contribution in [2.75, 3.05) is 18.4 Å². The molecule has 2 aromatic carbocycles. The third kappa shape index (κ3) is 5.30. The second-order valence-electron chi connectivity index (χ2n) is 5.48. The highest BCUT2D eigenvalue weighted by molar-refractivity contribution is 9.10. The van der Waals surface area contributed by atoms with Gasteiger partial charge in [0.05, 0.1) is 17.0 Å². The SMILES string of the molecule is CCN(CC(=O)Nc1ccc(Br)cc1)S(=O)(=O)c1ccccc1C(F)(F)F. The van der Waals surface area contributed by atoms with E-state index in [1.54, 1.807) is 24.3 Å². The minimum Gasteiger partial charge on any atom is -0.325 e. The number of nitrogens with one attached hydrogen (secondary N) is 1. The van der Waals surface area contributed by atoms with Crippen molar-refractivity contribution in [1.82, 2.24) is 4.31 Å². The summed E-state index contributed by atoms with van der Waals surface area (Å²) < 4.78 is 66.4. The number of benzene rings is 2. The first-order chi connectivity index (χ1) is 12.6. The first kappa shape index (κ1) is 21.4. The van der Waals surface area contributed by atoms with Crippen LogP contribution < -0.4 is 5.32 Å². The van der Waals surface area contributed by atoms with E-state index in [1.807, 2.05) is 0 Å². The van der Waals surface area contributed by atoms with Crippen molar-refractivity contribution in [3.8, 4) is 0 Å². The Hall–Kier alpha value is -1.91.